The third-order valence-corrected chi connectivity index (χ3v) is 3.95. The minimum absolute atomic E-state index is 0.641. The normalized spacial score (nSPS) is 10.3. The van der Waals surface area contributed by atoms with Gasteiger partial charge >= 0.3 is 0 Å². The van der Waals surface area contributed by atoms with Crippen LogP contribution < -0.4 is 24.8 Å². The van der Waals surface area contributed by atoms with Crippen molar-refractivity contribution >= 4 is 23.0 Å². The Hall–Kier alpha value is -3.48. The molecule has 2 N–H and O–H groups in total. The molecule has 28 heavy (non-hydrogen) atoms. The smallest absolute Gasteiger partial charge is 0.146 e. The summed E-state index contributed by atoms with van der Waals surface area (Å²) in [5.41, 5.74) is 1.70. The molecular weight excluding hydrogens is 356 g/mol. The summed E-state index contributed by atoms with van der Waals surface area (Å²) < 4.78 is 16.1. The highest BCUT2D eigenvalue weighted by Gasteiger charge is 2.08. The number of nitrogens with zero attached hydrogens (tertiary/aromatic N) is 2. The number of hydrogen-bond acceptors (Lipinski definition) is 7. The van der Waals surface area contributed by atoms with Crippen LogP contribution in [0.4, 0.5) is 23.0 Å². The van der Waals surface area contributed by atoms with Crippen LogP contribution in [0.3, 0.4) is 0 Å². The van der Waals surface area contributed by atoms with Crippen LogP contribution in [0.25, 0.3) is 0 Å². The molecule has 0 saturated heterocycles. The molecule has 0 spiro atoms. The summed E-state index contributed by atoms with van der Waals surface area (Å²) in [6, 6.07) is 15.1. The second-order valence-electron chi connectivity index (χ2n) is 5.96. The fourth-order valence-corrected chi connectivity index (χ4v) is 2.68. The molecule has 0 radical (unpaired) electrons. The summed E-state index contributed by atoms with van der Waals surface area (Å²) in [7, 11) is 3.23. The predicted molar refractivity (Wildman–Crippen MR) is 110 cm³/mol. The van der Waals surface area contributed by atoms with Gasteiger partial charge in [-0.15, -0.1) is 0 Å². The Morgan fingerprint density at radius 1 is 0.821 bits per heavy atom. The van der Waals surface area contributed by atoms with Crippen molar-refractivity contribution in [2.75, 3.05) is 31.5 Å². The zero-order valence-corrected chi connectivity index (χ0v) is 16.4. The molecule has 0 unspecified atom stereocenters. The predicted octanol–water partition coefficient (Wildman–Crippen LogP) is 4.69. The van der Waals surface area contributed by atoms with Gasteiger partial charge in [-0.2, -0.15) is 0 Å². The highest BCUT2D eigenvalue weighted by Crippen LogP contribution is 2.31. The van der Waals surface area contributed by atoms with Gasteiger partial charge in [-0.25, -0.2) is 9.97 Å². The van der Waals surface area contributed by atoms with Gasteiger partial charge < -0.3 is 24.8 Å². The van der Waals surface area contributed by atoms with E-state index in [1.54, 1.807) is 14.2 Å². The Morgan fingerprint density at radius 3 is 2.14 bits per heavy atom. The lowest BCUT2D eigenvalue weighted by Gasteiger charge is -2.14. The molecule has 0 atom stereocenters. The Labute approximate surface area is 164 Å². The summed E-state index contributed by atoms with van der Waals surface area (Å²) in [5.74, 6) is 4.21. The number of anilines is 4. The van der Waals surface area contributed by atoms with Gasteiger partial charge in [0.25, 0.3) is 0 Å². The summed E-state index contributed by atoms with van der Waals surface area (Å²) in [4.78, 5) is 8.91. The standard InChI is InChI=1S/C21H24N4O3/c1-5-28-16-8-6-15(7-9-16)24-20-13-21(23-14(2)22-20)25-18-11-10-17(26-3)12-19(18)27-4/h6-13H,5H2,1-4H3,(H2,22,23,24,25). The lowest BCUT2D eigenvalue weighted by molar-refractivity contribution is 0.340. The number of nitrogens with one attached hydrogen (secondary N) is 2. The highest BCUT2D eigenvalue weighted by molar-refractivity contribution is 5.68. The van der Waals surface area contributed by atoms with Crippen LogP contribution in [-0.2, 0) is 0 Å². The van der Waals surface area contributed by atoms with Crippen LogP contribution >= 0.6 is 0 Å². The third-order valence-electron chi connectivity index (χ3n) is 3.95. The maximum Gasteiger partial charge on any atom is 0.146 e. The first-order valence-electron chi connectivity index (χ1n) is 8.96. The Morgan fingerprint density at radius 2 is 1.50 bits per heavy atom. The lowest BCUT2D eigenvalue weighted by atomic mass is 10.2. The van der Waals surface area contributed by atoms with Gasteiger partial charge in [0.05, 0.1) is 26.5 Å². The molecule has 0 bridgehead atoms. The van der Waals surface area contributed by atoms with Gasteiger partial charge in [-0.1, -0.05) is 0 Å². The van der Waals surface area contributed by atoms with Crippen LogP contribution in [0, 0.1) is 6.92 Å². The zero-order chi connectivity index (χ0) is 19.9. The molecule has 0 aliphatic carbocycles. The van der Waals surface area contributed by atoms with Crippen molar-refractivity contribution in [3.05, 3.63) is 54.4 Å². The SMILES string of the molecule is CCOc1ccc(Nc2cc(Nc3ccc(OC)cc3OC)nc(C)n2)cc1. The number of aromatic nitrogens is 2. The molecule has 0 aliphatic heterocycles. The average molecular weight is 380 g/mol. The minimum atomic E-state index is 0.641. The molecule has 7 nitrogen and oxygen atoms in total. The van der Waals surface area contributed by atoms with Crippen molar-refractivity contribution in [3.63, 3.8) is 0 Å². The molecule has 0 fully saturated rings. The second-order valence-corrected chi connectivity index (χ2v) is 5.96. The van der Waals surface area contributed by atoms with E-state index in [-0.39, 0.29) is 0 Å². The van der Waals surface area contributed by atoms with E-state index >= 15 is 0 Å². The van der Waals surface area contributed by atoms with E-state index in [1.165, 1.54) is 0 Å². The molecule has 1 aromatic heterocycles. The van der Waals surface area contributed by atoms with Crippen molar-refractivity contribution < 1.29 is 14.2 Å². The second kappa shape index (κ2) is 8.94. The zero-order valence-electron chi connectivity index (χ0n) is 16.4. The molecule has 7 heteroatoms. The lowest BCUT2D eigenvalue weighted by Crippen LogP contribution is -2.02. The first-order valence-corrected chi connectivity index (χ1v) is 8.96. The van der Waals surface area contributed by atoms with Gasteiger partial charge in [0.2, 0.25) is 0 Å². The Kier molecular flexibility index (Phi) is 6.16. The van der Waals surface area contributed by atoms with E-state index in [2.05, 4.69) is 20.6 Å². The molecule has 146 valence electrons. The molecule has 0 saturated carbocycles. The minimum Gasteiger partial charge on any atom is -0.497 e. The molecule has 2 aromatic carbocycles. The van der Waals surface area contributed by atoms with E-state index in [0.717, 1.165) is 22.9 Å². The van der Waals surface area contributed by atoms with Crippen molar-refractivity contribution in [2.45, 2.75) is 13.8 Å². The van der Waals surface area contributed by atoms with Crippen LogP contribution in [0.2, 0.25) is 0 Å². The number of benzene rings is 2. The fourth-order valence-electron chi connectivity index (χ4n) is 2.68. The van der Waals surface area contributed by atoms with Gasteiger partial charge in [0.15, 0.2) is 0 Å². The molecular formula is C21H24N4O3. The highest BCUT2D eigenvalue weighted by atomic mass is 16.5. The van der Waals surface area contributed by atoms with E-state index in [9.17, 15) is 0 Å². The van der Waals surface area contributed by atoms with Crippen molar-refractivity contribution in [1.82, 2.24) is 9.97 Å². The molecule has 3 aromatic rings. The van der Waals surface area contributed by atoms with Crippen molar-refractivity contribution in [3.8, 4) is 17.2 Å². The maximum absolute atomic E-state index is 5.47. The monoisotopic (exact) mass is 380 g/mol. The van der Waals surface area contributed by atoms with Crippen LogP contribution in [0.1, 0.15) is 12.7 Å². The van der Waals surface area contributed by atoms with Crippen molar-refractivity contribution in [2.24, 2.45) is 0 Å². The number of hydrogen-bond donors (Lipinski definition) is 2. The number of rotatable bonds is 8. The van der Waals surface area contributed by atoms with E-state index < -0.39 is 0 Å². The van der Waals surface area contributed by atoms with Crippen LogP contribution in [0.15, 0.2) is 48.5 Å². The first kappa shape index (κ1) is 19.3. The summed E-state index contributed by atoms with van der Waals surface area (Å²) >= 11 is 0. The number of aryl methyl sites for hydroxylation is 1. The van der Waals surface area contributed by atoms with Gasteiger partial charge in [-0.3, -0.25) is 0 Å². The fraction of sp³-hybridized carbons (Fsp3) is 0.238. The Balaban J connectivity index is 1.80. The van der Waals surface area contributed by atoms with E-state index in [0.29, 0.717) is 29.8 Å². The molecule has 3 rings (SSSR count). The largest absolute Gasteiger partial charge is 0.497 e. The summed E-state index contributed by atoms with van der Waals surface area (Å²) in [6.45, 7) is 4.45. The van der Waals surface area contributed by atoms with Gasteiger partial charge in [-0.05, 0) is 50.2 Å². The molecule has 0 aliphatic rings. The number of methoxy groups -OCH3 is 2. The van der Waals surface area contributed by atoms with Gasteiger partial charge in [0.1, 0.15) is 34.7 Å². The molecule has 1 heterocycles. The van der Waals surface area contributed by atoms with Crippen LogP contribution in [-0.4, -0.2) is 30.8 Å². The third kappa shape index (κ3) is 4.82. The van der Waals surface area contributed by atoms with Crippen LogP contribution in [0.5, 0.6) is 17.2 Å². The summed E-state index contributed by atoms with van der Waals surface area (Å²) in [6.07, 6.45) is 0. The number of ether oxygens (including phenoxy) is 3. The van der Waals surface area contributed by atoms with Gasteiger partial charge in [0, 0.05) is 17.8 Å². The first-order chi connectivity index (χ1) is 13.6. The molecule has 0 amide bonds. The van der Waals surface area contributed by atoms with Crippen molar-refractivity contribution in [1.29, 1.82) is 0 Å². The maximum atomic E-state index is 5.47. The topological polar surface area (TPSA) is 77.5 Å². The average Bonchev–Trinajstić information content (AvgIpc) is 2.69. The summed E-state index contributed by atoms with van der Waals surface area (Å²) in [5, 5.41) is 6.57. The van der Waals surface area contributed by atoms with E-state index in [1.807, 2.05) is 62.4 Å². The Bertz CT molecular complexity index is 929. The quantitative estimate of drug-likeness (QED) is 0.587. The van der Waals surface area contributed by atoms with E-state index in [4.69, 9.17) is 14.2 Å².